The number of aliphatic hydroxyl groups excluding tert-OH is 1. The van der Waals surface area contributed by atoms with Crippen LogP contribution in [0.5, 0.6) is 5.75 Å². The van der Waals surface area contributed by atoms with Gasteiger partial charge in [0.25, 0.3) is 11.9 Å². The van der Waals surface area contributed by atoms with Crippen molar-refractivity contribution in [2.75, 3.05) is 18.5 Å². The standard InChI is InChI=1S/C15H14F4N2O2/c1-8-3-2-4-10(5-8)23-7-9(22)6-20-13-11(16)14(18)21-15(19)12(13)17/h2-5,9,22H,6-7H2,1H3,(H,20,21). The van der Waals surface area contributed by atoms with E-state index in [1.807, 2.05) is 13.0 Å². The van der Waals surface area contributed by atoms with Gasteiger partial charge in [-0.25, -0.2) is 0 Å². The van der Waals surface area contributed by atoms with Crippen molar-refractivity contribution in [1.29, 1.82) is 0 Å². The fourth-order valence-corrected chi connectivity index (χ4v) is 1.82. The highest BCUT2D eigenvalue weighted by molar-refractivity contribution is 5.45. The molecule has 0 fully saturated rings. The Morgan fingerprint density at radius 3 is 2.43 bits per heavy atom. The Labute approximate surface area is 129 Å². The molecule has 2 rings (SSSR count). The van der Waals surface area contributed by atoms with Crippen molar-refractivity contribution in [2.24, 2.45) is 0 Å². The zero-order valence-electron chi connectivity index (χ0n) is 12.1. The SMILES string of the molecule is Cc1cccc(OCC(O)CNc2c(F)c(F)nc(F)c2F)c1. The summed E-state index contributed by atoms with van der Waals surface area (Å²) < 4.78 is 57.9. The number of rotatable bonds is 6. The van der Waals surface area contributed by atoms with Crippen molar-refractivity contribution in [2.45, 2.75) is 13.0 Å². The van der Waals surface area contributed by atoms with Crippen LogP contribution in [0, 0.1) is 30.5 Å². The number of pyridine rings is 1. The van der Waals surface area contributed by atoms with Crippen LogP contribution in [0.25, 0.3) is 0 Å². The molecule has 124 valence electrons. The summed E-state index contributed by atoms with van der Waals surface area (Å²) in [7, 11) is 0. The first-order valence-electron chi connectivity index (χ1n) is 6.70. The molecule has 0 spiro atoms. The normalized spacial score (nSPS) is 12.1. The summed E-state index contributed by atoms with van der Waals surface area (Å²) in [5.74, 6) is -6.33. The lowest BCUT2D eigenvalue weighted by Crippen LogP contribution is -2.27. The first kappa shape index (κ1) is 17.0. The number of ether oxygens (including phenoxy) is 1. The summed E-state index contributed by atoms with van der Waals surface area (Å²) in [6.45, 7) is 1.32. The zero-order valence-corrected chi connectivity index (χ0v) is 12.1. The van der Waals surface area contributed by atoms with E-state index in [1.165, 1.54) is 0 Å². The Balaban J connectivity index is 1.93. The topological polar surface area (TPSA) is 54.4 Å². The van der Waals surface area contributed by atoms with Crippen LogP contribution >= 0.6 is 0 Å². The Hall–Kier alpha value is -2.35. The second kappa shape index (κ2) is 7.28. The van der Waals surface area contributed by atoms with E-state index in [0.717, 1.165) is 5.56 Å². The van der Waals surface area contributed by atoms with Gasteiger partial charge in [0, 0.05) is 6.54 Å². The second-order valence-corrected chi connectivity index (χ2v) is 4.86. The van der Waals surface area contributed by atoms with Crippen molar-refractivity contribution in [3.05, 3.63) is 53.4 Å². The molecule has 1 atom stereocenters. The van der Waals surface area contributed by atoms with E-state index in [9.17, 15) is 22.7 Å². The maximum Gasteiger partial charge on any atom is 0.253 e. The summed E-state index contributed by atoms with van der Waals surface area (Å²) in [5.41, 5.74) is -0.0633. The summed E-state index contributed by atoms with van der Waals surface area (Å²) in [4.78, 5) is 2.43. The molecule has 1 aromatic carbocycles. The van der Waals surface area contributed by atoms with Crippen LogP contribution in [0.3, 0.4) is 0 Å². The van der Waals surface area contributed by atoms with E-state index in [0.29, 0.717) is 5.75 Å². The molecule has 0 aliphatic heterocycles. The number of aromatic nitrogens is 1. The molecule has 23 heavy (non-hydrogen) atoms. The van der Waals surface area contributed by atoms with Gasteiger partial charge in [-0.2, -0.15) is 22.5 Å². The molecule has 0 saturated heterocycles. The van der Waals surface area contributed by atoms with Crippen molar-refractivity contribution in [1.82, 2.24) is 4.98 Å². The van der Waals surface area contributed by atoms with Gasteiger partial charge < -0.3 is 15.2 Å². The molecule has 2 N–H and O–H groups in total. The van der Waals surface area contributed by atoms with Crippen LogP contribution < -0.4 is 10.1 Å². The van der Waals surface area contributed by atoms with E-state index >= 15 is 0 Å². The summed E-state index contributed by atoms with van der Waals surface area (Å²) in [5, 5.41) is 11.8. The fraction of sp³-hybridized carbons (Fsp3) is 0.267. The van der Waals surface area contributed by atoms with Crippen molar-refractivity contribution in [3.8, 4) is 5.75 Å². The molecule has 2 aromatic rings. The summed E-state index contributed by atoms with van der Waals surface area (Å²) in [6, 6.07) is 7.05. The van der Waals surface area contributed by atoms with E-state index in [-0.39, 0.29) is 13.2 Å². The highest BCUT2D eigenvalue weighted by Crippen LogP contribution is 2.22. The van der Waals surface area contributed by atoms with Gasteiger partial charge in [0.2, 0.25) is 11.6 Å². The number of hydrogen-bond donors (Lipinski definition) is 2. The molecule has 1 aromatic heterocycles. The van der Waals surface area contributed by atoms with Gasteiger partial charge in [-0.15, -0.1) is 0 Å². The molecule has 0 bridgehead atoms. The zero-order chi connectivity index (χ0) is 17.0. The van der Waals surface area contributed by atoms with Crippen LogP contribution in [-0.4, -0.2) is 29.3 Å². The van der Waals surface area contributed by atoms with Gasteiger partial charge in [0.05, 0.1) is 0 Å². The molecule has 1 unspecified atom stereocenters. The lowest BCUT2D eigenvalue weighted by atomic mass is 10.2. The average molecular weight is 330 g/mol. The van der Waals surface area contributed by atoms with Crippen LogP contribution in [0.15, 0.2) is 24.3 Å². The number of halogens is 4. The maximum absolute atomic E-state index is 13.4. The first-order chi connectivity index (χ1) is 10.9. The minimum absolute atomic E-state index is 0.171. The van der Waals surface area contributed by atoms with Crippen molar-refractivity contribution < 1.29 is 27.4 Å². The van der Waals surface area contributed by atoms with Crippen LogP contribution in [0.2, 0.25) is 0 Å². The average Bonchev–Trinajstić information content (AvgIpc) is 2.51. The molecule has 0 radical (unpaired) electrons. The lowest BCUT2D eigenvalue weighted by Gasteiger charge is -2.15. The summed E-state index contributed by atoms with van der Waals surface area (Å²) >= 11 is 0. The minimum Gasteiger partial charge on any atom is -0.491 e. The van der Waals surface area contributed by atoms with Gasteiger partial charge in [-0.05, 0) is 24.6 Å². The predicted molar refractivity (Wildman–Crippen MR) is 75.2 cm³/mol. The molecule has 4 nitrogen and oxygen atoms in total. The van der Waals surface area contributed by atoms with Gasteiger partial charge in [-0.3, -0.25) is 0 Å². The third-order valence-corrected chi connectivity index (χ3v) is 2.94. The van der Waals surface area contributed by atoms with Gasteiger partial charge >= 0.3 is 0 Å². The van der Waals surface area contributed by atoms with Crippen LogP contribution in [0.1, 0.15) is 5.56 Å². The molecule has 8 heteroatoms. The minimum atomic E-state index is -1.77. The highest BCUT2D eigenvalue weighted by Gasteiger charge is 2.21. The van der Waals surface area contributed by atoms with Crippen LogP contribution in [0.4, 0.5) is 23.2 Å². The molecule has 0 amide bonds. The van der Waals surface area contributed by atoms with Crippen molar-refractivity contribution in [3.63, 3.8) is 0 Å². The van der Waals surface area contributed by atoms with E-state index in [2.05, 4.69) is 10.3 Å². The quantitative estimate of drug-likeness (QED) is 0.632. The Bertz CT molecular complexity index is 671. The second-order valence-electron chi connectivity index (χ2n) is 4.86. The van der Waals surface area contributed by atoms with Gasteiger partial charge in [0.1, 0.15) is 24.1 Å². The molecule has 0 aliphatic rings. The maximum atomic E-state index is 13.4. The number of hydrogen-bond acceptors (Lipinski definition) is 4. The predicted octanol–water partition coefficient (Wildman–Crippen LogP) is 2.80. The monoisotopic (exact) mass is 330 g/mol. The molecular formula is C15H14F4N2O2. The number of aryl methyl sites for hydroxylation is 1. The van der Waals surface area contributed by atoms with Crippen LogP contribution in [-0.2, 0) is 0 Å². The third-order valence-electron chi connectivity index (χ3n) is 2.94. The number of anilines is 1. The van der Waals surface area contributed by atoms with Crippen molar-refractivity contribution >= 4 is 5.69 Å². The third kappa shape index (κ3) is 4.32. The summed E-state index contributed by atoms with van der Waals surface area (Å²) in [6.07, 6.45) is -1.16. The highest BCUT2D eigenvalue weighted by atomic mass is 19.2. The fourth-order valence-electron chi connectivity index (χ4n) is 1.82. The Morgan fingerprint density at radius 2 is 1.83 bits per heavy atom. The van der Waals surface area contributed by atoms with E-state index in [4.69, 9.17) is 4.74 Å². The smallest absolute Gasteiger partial charge is 0.253 e. The van der Waals surface area contributed by atoms with E-state index in [1.54, 1.807) is 18.2 Å². The number of aliphatic hydroxyl groups is 1. The van der Waals surface area contributed by atoms with E-state index < -0.39 is 35.3 Å². The number of nitrogens with zero attached hydrogens (tertiary/aromatic N) is 1. The Morgan fingerprint density at radius 1 is 1.17 bits per heavy atom. The van der Waals surface area contributed by atoms with Gasteiger partial charge in [-0.1, -0.05) is 12.1 Å². The van der Waals surface area contributed by atoms with Gasteiger partial charge in [0.15, 0.2) is 0 Å². The lowest BCUT2D eigenvalue weighted by molar-refractivity contribution is 0.117. The molecule has 0 aliphatic carbocycles. The largest absolute Gasteiger partial charge is 0.491 e. The molecular weight excluding hydrogens is 316 g/mol. The number of benzene rings is 1. The Kier molecular flexibility index (Phi) is 5.38. The number of nitrogens with one attached hydrogen (secondary N) is 1. The molecule has 0 saturated carbocycles. The molecule has 1 heterocycles. The first-order valence-corrected chi connectivity index (χ1v) is 6.70.